The van der Waals surface area contributed by atoms with Crippen molar-refractivity contribution in [1.29, 1.82) is 0 Å². The molecule has 0 atom stereocenters. The van der Waals surface area contributed by atoms with Crippen LogP contribution in [0, 0.1) is 0 Å². The van der Waals surface area contributed by atoms with Crippen molar-refractivity contribution in [3.8, 4) is 5.75 Å². The quantitative estimate of drug-likeness (QED) is 0.547. The molecule has 0 fully saturated rings. The first kappa shape index (κ1) is 22.5. The molecule has 0 unspecified atom stereocenters. The zero-order chi connectivity index (χ0) is 21.4. The molecular weight excluding hydrogens is 457 g/mol. The van der Waals surface area contributed by atoms with Gasteiger partial charge in [-0.05, 0) is 37.3 Å². The zero-order valence-corrected chi connectivity index (χ0v) is 16.9. The first-order valence-corrected chi connectivity index (χ1v) is 9.63. The summed E-state index contributed by atoms with van der Waals surface area (Å²) in [5.74, 6) is 0.107. The first-order valence-electron chi connectivity index (χ1n) is 8.51. The van der Waals surface area contributed by atoms with Crippen molar-refractivity contribution in [3.05, 3.63) is 54.1 Å². The van der Waals surface area contributed by atoms with E-state index in [1.165, 1.54) is 24.3 Å². The second-order valence-electron chi connectivity index (χ2n) is 5.63. The van der Waals surface area contributed by atoms with E-state index in [0.717, 1.165) is 17.0 Å². The normalized spacial score (nSPS) is 10.9. The van der Waals surface area contributed by atoms with Crippen LogP contribution in [0.15, 0.2) is 48.5 Å². The van der Waals surface area contributed by atoms with E-state index in [9.17, 15) is 22.8 Å². The van der Waals surface area contributed by atoms with Crippen LogP contribution >= 0.6 is 15.9 Å². The van der Waals surface area contributed by atoms with Gasteiger partial charge in [-0.25, -0.2) is 9.59 Å². The lowest BCUT2D eigenvalue weighted by Gasteiger charge is -2.22. The highest BCUT2D eigenvalue weighted by Crippen LogP contribution is 2.32. The highest BCUT2D eigenvalue weighted by Gasteiger charge is 2.31. The zero-order valence-electron chi connectivity index (χ0n) is 15.3. The lowest BCUT2D eigenvalue weighted by molar-refractivity contribution is -0.137. The van der Waals surface area contributed by atoms with E-state index in [1.54, 1.807) is 19.1 Å². The Bertz CT molecular complexity index is 861. The van der Waals surface area contributed by atoms with Crippen molar-refractivity contribution in [2.24, 2.45) is 0 Å². The molecule has 0 aliphatic heterocycles. The number of anilines is 2. The summed E-state index contributed by atoms with van der Waals surface area (Å²) in [5.41, 5.74) is -0.493. The van der Waals surface area contributed by atoms with Crippen LogP contribution in [-0.2, 0) is 10.9 Å². The number of alkyl halides is 4. The van der Waals surface area contributed by atoms with E-state index >= 15 is 0 Å². The van der Waals surface area contributed by atoms with Crippen molar-refractivity contribution in [2.45, 2.75) is 13.1 Å². The van der Waals surface area contributed by atoms with E-state index in [1.807, 2.05) is 0 Å². The molecule has 0 radical (unpaired) electrons. The maximum atomic E-state index is 13.0. The molecule has 0 aliphatic rings. The van der Waals surface area contributed by atoms with Gasteiger partial charge in [-0.1, -0.05) is 28.1 Å². The summed E-state index contributed by atoms with van der Waals surface area (Å²) in [6, 6.07) is 10.4. The monoisotopic (exact) mass is 474 g/mol. The summed E-state index contributed by atoms with van der Waals surface area (Å²) in [4.78, 5) is 25.2. The lowest BCUT2D eigenvalue weighted by atomic mass is 10.2. The molecule has 0 saturated heterocycles. The molecule has 0 bridgehead atoms. The molecule has 2 amide bonds. The van der Waals surface area contributed by atoms with Crippen LogP contribution < -0.4 is 15.0 Å². The summed E-state index contributed by atoms with van der Waals surface area (Å²) < 4.78 is 49.0. The Balaban J connectivity index is 2.19. The predicted molar refractivity (Wildman–Crippen MR) is 106 cm³/mol. The molecule has 0 spiro atoms. The van der Waals surface area contributed by atoms with Crippen molar-refractivity contribution >= 4 is 39.5 Å². The summed E-state index contributed by atoms with van der Waals surface area (Å²) >= 11 is 3.18. The minimum absolute atomic E-state index is 0.0464. The van der Waals surface area contributed by atoms with Gasteiger partial charge in [-0.3, -0.25) is 10.2 Å². The number of carbonyl (C=O) groups is 2. The van der Waals surface area contributed by atoms with E-state index in [4.69, 9.17) is 9.47 Å². The Morgan fingerprint density at radius 3 is 2.52 bits per heavy atom. The Morgan fingerprint density at radius 1 is 1.14 bits per heavy atom. The maximum absolute atomic E-state index is 13.0. The minimum Gasteiger partial charge on any atom is -0.450 e. The largest absolute Gasteiger partial charge is 0.450 e. The third kappa shape index (κ3) is 6.67. The van der Waals surface area contributed by atoms with Crippen LogP contribution in [0.3, 0.4) is 0 Å². The molecule has 0 saturated carbocycles. The third-order valence-corrected chi connectivity index (χ3v) is 3.93. The van der Waals surface area contributed by atoms with Gasteiger partial charge in [0.1, 0.15) is 5.75 Å². The molecule has 6 nitrogen and oxygen atoms in total. The molecule has 29 heavy (non-hydrogen) atoms. The fraction of sp³-hybridized carbons (Fsp3) is 0.263. The molecule has 156 valence electrons. The summed E-state index contributed by atoms with van der Waals surface area (Å²) in [6.45, 7) is 1.93. The minimum atomic E-state index is -4.53. The van der Waals surface area contributed by atoms with Gasteiger partial charge < -0.3 is 9.47 Å². The lowest BCUT2D eigenvalue weighted by Crippen LogP contribution is -2.35. The Hall–Kier alpha value is -2.75. The topological polar surface area (TPSA) is 67.9 Å². The Morgan fingerprint density at radius 2 is 1.86 bits per heavy atom. The molecule has 0 aliphatic carbocycles. The second-order valence-corrected chi connectivity index (χ2v) is 6.42. The van der Waals surface area contributed by atoms with Crippen LogP contribution in [0.4, 0.5) is 34.1 Å². The molecule has 0 heterocycles. The number of nitrogens with one attached hydrogen (secondary N) is 1. The number of hydrogen-bond donors (Lipinski definition) is 1. The number of benzene rings is 2. The highest BCUT2D eigenvalue weighted by molar-refractivity contribution is 9.09. The van der Waals surface area contributed by atoms with Crippen LogP contribution in [0.1, 0.15) is 12.5 Å². The number of ether oxygens (including phenoxy) is 2. The van der Waals surface area contributed by atoms with Gasteiger partial charge in [-0.2, -0.15) is 13.2 Å². The number of rotatable bonds is 6. The van der Waals surface area contributed by atoms with Crippen molar-refractivity contribution < 1.29 is 32.2 Å². The number of amides is 2. The molecule has 2 aromatic carbocycles. The van der Waals surface area contributed by atoms with Crippen LogP contribution in [0.2, 0.25) is 0 Å². The number of halogens is 4. The van der Waals surface area contributed by atoms with E-state index in [-0.39, 0.29) is 24.6 Å². The molecule has 2 rings (SSSR count). The first-order chi connectivity index (χ1) is 13.7. The number of nitrogens with zero attached hydrogens (tertiary/aromatic N) is 1. The molecular formula is C19H18BrF3N2O4. The van der Waals surface area contributed by atoms with Crippen molar-refractivity contribution in [3.63, 3.8) is 0 Å². The standard InChI is InChI=1S/C19H18BrF3N2O4/c1-2-28-17(26)24-14-6-4-8-16(12-14)29-18(27)25(10-9-20)15-7-3-5-13(11-15)19(21,22)23/h3-8,11-12H,2,9-10H2,1H3,(H,24,26). The van der Waals surface area contributed by atoms with Crippen molar-refractivity contribution in [1.82, 2.24) is 0 Å². The SMILES string of the molecule is CCOC(=O)Nc1cccc(OC(=O)N(CCBr)c2cccc(C(F)(F)F)c2)c1. The van der Waals surface area contributed by atoms with Gasteiger partial charge in [0.05, 0.1) is 12.2 Å². The van der Waals surface area contributed by atoms with Gasteiger partial charge in [0.2, 0.25) is 0 Å². The summed E-state index contributed by atoms with van der Waals surface area (Å²) in [7, 11) is 0. The van der Waals surface area contributed by atoms with Crippen molar-refractivity contribution in [2.75, 3.05) is 28.7 Å². The third-order valence-electron chi connectivity index (χ3n) is 3.57. The molecule has 10 heteroatoms. The highest BCUT2D eigenvalue weighted by atomic mass is 79.9. The van der Waals surface area contributed by atoms with Crippen LogP contribution in [0.25, 0.3) is 0 Å². The van der Waals surface area contributed by atoms with E-state index in [2.05, 4.69) is 21.2 Å². The van der Waals surface area contributed by atoms with E-state index in [0.29, 0.717) is 11.0 Å². The average Bonchev–Trinajstić information content (AvgIpc) is 2.66. The van der Waals surface area contributed by atoms with Gasteiger partial charge in [-0.15, -0.1) is 0 Å². The van der Waals surface area contributed by atoms with Gasteiger partial charge >= 0.3 is 18.4 Å². The van der Waals surface area contributed by atoms with Gasteiger partial charge in [0, 0.05) is 29.3 Å². The Kier molecular flexibility index (Phi) is 7.89. The predicted octanol–water partition coefficient (Wildman–Crippen LogP) is 5.67. The van der Waals surface area contributed by atoms with E-state index < -0.39 is 23.9 Å². The number of hydrogen-bond acceptors (Lipinski definition) is 4. The average molecular weight is 475 g/mol. The fourth-order valence-corrected chi connectivity index (χ4v) is 2.69. The van der Waals surface area contributed by atoms with Crippen LogP contribution in [0.5, 0.6) is 5.75 Å². The maximum Gasteiger partial charge on any atom is 0.419 e. The fourth-order valence-electron chi connectivity index (χ4n) is 2.34. The summed E-state index contributed by atoms with van der Waals surface area (Å²) in [5, 5.41) is 2.79. The molecule has 1 N–H and O–H groups in total. The molecule has 0 aromatic heterocycles. The van der Waals surface area contributed by atoms with Crippen LogP contribution in [-0.4, -0.2) is 30.7 Å². The molecule has 2 aromatic rings. The van der Waals surface area contributed by atoms with Gasteiger partial charge in [0.15, 0.2) is 0 Å². The van der Waals surface area contributed by atoms with Gasteiger partial charge in [0.25, 0.3) is 0 Å². The number of carbonyl (C=O) groups excluding carboxylic acids is 2. The summed E-state index contributed by atoms with van der Waals surface area (Å²) in [6.07, 6.45) is -6.06. The Labute approximate surface area is 173 Å². The smallest absolute Gasteiger partial charge is 0.419 e. The second kappa shape index (κ2) is 10.1.